The Labute approximate surface area is 127 Å². The Hall–Kier alpha value is -3.63. The predicted molar refractivity (Wildman–Crippen MR) is 75.2 cm³/mol. The van der Waals surface area contributed by atoms with Gasteiger partial charge in [0.25, 0.3) is 11.6 Å². The average molecular weight is 316 g/mol. The van der Waals surface area contributed by atoms with Crippen molar-refractivity contribution in [3.63, 3.8) is 0 Å². The van der Waals surface area contributed by atoms with Crippen LogP contribution in [0.15, 0.2) is 35.0 Å². The van der Waals surface area contributed by atoms with Gasteiger partial charge in [-0.2, -0.15) is 10.1 Å². The minimum absolute atomic E-state index is 0.0648. The van der Waals surface area contributed by atoms with Crippen LogP contribution in [-0.2, 0) is 7.05 Å². The zero-order valence-corrected chi connectivity index (χ0v) is 11.6. The van der Waals surface area contributed by atoms with Crippen molar-refractivity contribution in [3.05, 3.63) is 50.7 Å². The van der Waals surface area contributed by atoms with Crippen molar-refractivity contribution >= 4 is 11.4 Å². The van der Waals surface area contributed by atoms with E-state index in [1.54, 1.807) is 0 Å². The highest BCUT2D eigenvalue weighted by Gasteiger charge is 2.26. The molecule has 23 heavy (non-hydrogen) atoms. The van der Waals surface area contributed by atoms with Crippen LogP contribution in [0.25, 0.3) is 23.0 Å². The third kappa shape index (κ3) is 2.50. The zero-order valence-electron chi connectivity index (χ0n) is 11.6. The molecule has 2 aromatic heterocycles. The van der Waals surface area contributed by atoms with E-state index in [9.17, 15) is 20.2 Å². The number of benzene rings is 1. The van der Waals surface area contributed by atoms with Crippen molar-refractivity contribution in [2.45, 2.75) is 0 Å². The molecule has 0 saturated heterocycles. The predicted octanol–water partition coefficient (Wildman–Crippen LogP) is 1.95. The van der Waals surface area contributed by atoms with Crippen molar-refractivity contribution in [1.82, 2.24) is 19.9 Å². The Morgan fingerprint density at radius 1 is 1.13 bits per heavy atom. The van der Waals surface area contributed by atoms with Gasteiger partial charge in [0.15, 0.2) is 0 Å². The number of nitro benzene ring substituents is 1. The molecule has 1 aromatic carbocycles. The lowest BCUT2D eigenvalue weighted by atomic mass is 10.2. The minimum atomic E-state index is -0.599. The summed E-state index contributed by atoms with van der Waals surface area (Å²) < 4.78 is 6.31. The third-order valence-electron chi connectivity index (χ3n) is 3.08. The number of aromatic nitrogens is 4. The number of nitrogens with zero attached hydrogens (tertiary/aromatic N) is 6. The Kier molecular flexibility index (Phi) is 3.29. The van der Waals surface area contributed by atoms with Crippen LogP contribution in [0.1, 0.15) is 0 Å². The van der Waals surface area contributed by atoms with E-state index in [-0.39, 0.29) is 28.8 Å². The van der Waals surface area contributed by atoms with Gasteiger partial charge >= 0.3 is 5.69 Å². The zero-order chi connectivity index (χ0) is 16.6. The molecular weight excluding hydrogens is 308 g/mol. The van der Waals surface area contributed by atoms with Gasteiger partial charge < -0.3 is 4.52 Å². The number of nitro groups is 2. The highest BCUT2D eigenvalue weighted by atomic mass is 16.6. The summed E-state index contributed by atoms with van der Waals surface area (Å²) in [4.78, 5) is 24.6. The molecule has 0 aliphatic heterocycles. The van der Waals surface area contributed by atoms with Gasteiger partial charge in [0.05, 0.1) is 9.85 Å². The fraction of sp³-hybridized carbons (Fsp3) is 0.0833. The Balaban J connectivity index is 1.99. The maximum atomic E-state index is 11.0. The monoisotopic (exact) mass is 316 g/mol. The van der Waals surface area contributed by atoms with E-state index in [0.717, 1.165) is 6.20 Å². The molecular formula is C12H8N6O5. The normalized spacial score (nSPS) is 10.7. The Morgan fingerprint density at radius 2 is 1.83 bits per heavy atom. The Bertz CT molecular complexity index is 897. The lowest BCUT2D eigenvalue weighted by molar-refractivity contribution is -0.384. The minimum Gasteiger partial charge on any atom is -0.332 e. The van der Waals surface area contributed by atoms with Crippen molar-refractivity contribution in [2.24, 2.45) is 7.05 Å². The molecule has 0 fully saturated rings. The SMILES string of the molecule is Cn1ncc([N+](=O)[O-])c1-c1nc(-c2ccc([N+](=O)[O-])cc2)no1. The van der Waals surface area contributed by atoms with Crippen LogP contribution in [0, 0.1) is 20.2 Å². The van der Waals surface area contributed by atoms with Crippen molar-refractivity contribution in [1.29, 1.82) is 0 Å². The molecule has 3 rings (SSSR count). The van der Waals surface area contributed by atoms with Crippen LogP contribution in [0.5, 0.6) is 0 Å². The second kappa shape index (κ2) is 5.29. The fourth-order valence-corrected chi connectivity index (χ4v) is 1.98. The summed E-state index contributed by atoms with van der Waals surface area (Å²) in [5.74, 6) is 0.0930. The number of hydrogen-bond donors (Lipinski definition) is 0. The van der Waals surface area contributed by atoms with Crippen LogP contribution in [-0.4, -0.2) is 29.8 Å². The second-order valence-corrected chi connectivity index (χ2v) is 4.49. The van der Waals surface area contributed by atoms with Crippen LogP contribution in [0.3, 0.4) is 0 Å². The lowest BCUT2D eigenvalue weighted by Gasteiger charge is -1.95. The van der Waals surface area contributed by atoms with E-state index >= 15 is 0 Å². The van der Waals surface area contributed by atoms with Crippen molar-refractivity contribution in [3.8, 4) is 23.0 Å². The highest BCUT2D eigenvalue weighted by molar-refractivity contribution is 5.64. The van der Waals surface area contributed by atoms with Gasteiger partial charge in [0, 0.05) is 24.7 Å². The molecule has 0 bridgehead atoms. The number of non-ortho nitro benzene ring substituents is 1. The van der Waals surface area contributed by atoms with Gasteiger partial charge in [-0.25, -0.2) is 0 Å². The Morgan fingerprint density at radius 3 is 2.43 bits per heavy atom. The topological polar surface area (TPSA) is 143 Å². The van der Waals surface area contributed by atoms with E-state index in [2.05, 4.69) is 15.2 Å². The fourth-order valence-electron chi connectivity index (χ4n) is 1.98. The summed E-state index contributed by atoms with van der Waals surface area (Å²) >= 11 is 0. The first-order valence-electron chi connectivity index (χ1n) is 6.22. The van der Waals surface area contributed by atoms with E-state index < -0.39 is 9.85 Å². The first kappa shape index (κ1) is 14.3. The first-order chi connectivity index (χ1) is 11.0. The van der Waals surface area contributed by atoms with E-state index in [4.69, 9.17) is 4.52 Å². The quantitative estimate of drug-likeness (QED) is 0.524. The summed E-state index contributed by atoms with van der Waals surface area (Å²) in [5, 5.41) is 29.2. The van der Waals surface area contributed by atoms with Gasteiger partial charge in [0.2, 0.25) is 11.5 Å². The summed E-state index contributed by atoms with van der Waals surface area (Å²) in [6, 6.07) is 5.53. The van der Waals surface area contributed by atoms with Crippen LogP contribution < -0.4 is 0 Å². The molecule has 0 atom stereocenters. The molecule has 116 valence electrons. The third-order valence-corrected chi connectivity index (χ3v) is 3.08. The molecule has 0 radical (unpaired) electrons. The largest absolute Gasteiger partial charge is 0.332 e. The van der Waals surface area contributed by atoms with E-state index in [0.29, 0.717) is 5.56 Å². The second-order valence-electron chi connectivity index (χ2n) is 4.49. The molecule has 0 amide bonds. The van der Waals surface area contributed by atoms with E-state index in [1.807, 2.05) is 0 Å². The molecule has 0 aliphatic carbocycles. The van der Waals surface area contributed by atoms with Crippen molar-refractivity contribution < 1.29 is 14.4 Å². The van der Waals surface area contributed by atoms with Crippen LogP contribution in [0.4, 0.5) is 11.4 Å². The summed E-state index contributed by atoms with van der Waals surface area (Å²) in [6.07, 6.45) is 1.09. The maximum absolute atomic E-state index is 11.0. The van der Waals surface area contributed by atoms with Crippen LogP contribution in [0.2, 0.25) is 0 Å². The molecule has 11 nitrogen and oxygen atoms in total. The molecule has 0 aliphatic rings. The summed E-state index contributed by atoms with van der Waals surface area (Å²) in [5.41, 5.74) is 0.234. The van der Waals surface area contributed by atoms with Gasteiger partial charge in [0.1, 0.15) is 6.20 Å². The van der Waals surface area contributed by atoms with Gasteiger partial charge in [-0.05, 0) is 12.1 Å². The standard InChI is InChI=1S/C12H8N6O5/c1-16-10(9(6-13-16)18(21)22)12-14-11(15-23-12)7-2-4-8(5-3-7)17(19)20/h2-6H,1H3. The molecule has 0 saturated carbocycles. The number of aryl methyl sites for hydroxylation is 1. The molecule has 2 heterocycles. The molecule has 0 spiro atoms. The lowest BCUT2D eigenvalue weighted by Crippen LogP contribution is -1.96. The summed E-state index contributed by atoms with van der Waals surface area (Å²) in [6.45, 7) is 0. The van der Waals surface area contributed by atoms with Gasteiger partial charge in [-0.15, -0.1) is 0 Å². The highest BCUT2D eigenvalue weighted by Crippen LogP contribution is 2.29. The molecule has 3 aromatic rings. The molecule has 11 heteroatoms. The van der Waals surface area contributed by atoms with Gasteiger partial charge in [-0.3, -0.25) is 24.9 Å². The maximum Gasteiger partial charge on any atom is 0.320 e. The smallest absolute Gasteiger partial charge is 0.320 e. The molecule has 0 N–H and O–H groups in total. The van der Waals surface area contributed by atoms with E-state index in [1.165, 1.54) is 36.0 Å². The first-order valence-corrected chi connectivity index (χ1v) is 6.22. The number of rotatable bonds is 4. The molecule has 0 unspecified atom stereocenters. The average Bonchev–Trinajstić information content (AvgIpc) is 3.13. The van der Waals surface area contributed by atoms with Crippen molar-refractivity contribution in [2.75, 3.05) is 0 Å². The number of hydrogen-bond acceptors (Lipinski definition) is 8. The summed E-state index contributed by atoms with van der Waals surface area (Å²) in [7, 11) is 1.51. The van der Waals surface area contributed by atoms with Gasteiger partial charge in [-0.1, -0.05) is 5.16 Å². The van der Waals surface area contributed by atoms with Crippen LogP contribution >= 0.6 is 0 Å².